The number of halogens is 1. The van der Waals surface area contributed by atoms with Gasteiger partial charge < -0.3 is 11.1 Å². The molecule has 88 valence electrons. The second kappa shape index (κ2) is 5.87. The molecule has 1 aromatic carbocycles. The molecule has 0 aliphatic heterocycles. The summed E-state index contributed by atoms with van der Waals surface area (Å²) in [4.78, 5) is 11.7. The molecule has 0 spiro atoms. The lowest BCUT2D eigenvalue weighted by atomic mass is 10.1. The molecule has 0 saturated carbocycles. The molecule has 1 amide bonds. The smallest absolute Gasteiger partial charge is 0.241 e. The van der Waals surface area contributed by atoms with Crippen LogP contribution in [0.3, 0.4) is 0 Å². The summed E-state index contributed by atoms with van der Waals surface area (Å²) < 4.78 is 0. The fourth-order valence-corrected chi connectivity index (χ4v) is 1.72. The third-order valence-corrected chi connectivity index (χ3v) is 2.72. The summed E-state index contributed by atoms with van der Waals surface area (Å²) in [7, 11) is 0. The minimum atomic E-state index is -0.472. The van der Waals surface area contributed by atoms with Crippen LogP contribution in [0, 0.1) is 6.92 Å². The van der Waals surface area contributed by atoms with E-state index in [2.05, 4.69) is 5.32 Å². The van der Waals surface area contributed by atoms with E-state index in [1.54, 1.807) is 6.07 Å². The van der Waals surface area contributed by atoms with Crippen molar-refractivity contribution in [1.82, 2.24) is 0 Å². The molecule has 0 aliphatic rings. The van der Waals surface area contributed by atoms with Crippen LogP contribution in [0.1, 0.15) is 25.3 Å². The second-order valence-electron chi connectivity index (χ2n) is 3.82. The Morgan fingerprint density at radius 2 is 2.25 bits per heavy atom. The van der Waals surface area contributed by atoms with Crippen LogP contribution < -0.4 is 11.1 Å². The highest BCUT2D eigenvalue weighted by Crippen LogP contribution is 2.25. The van der Waals surface area contributed by atoms with Crippen molar-refractivity contribution in [3.8, 4) is 0 Å². The maximum absolute atomic E-state index is 11.7. The number of benzene rings is 1. The molecule has 0 radical (unpaired) electrons. The first-order valence-corrected chi connectivity index (χ1v) is 5.75. The molecule has 0 saturated heterocycles. The summed E-state index contributed by atoms with van der Waals surface area (Å²) in [6.45, 7) is 3.89. The number of nitrogens with two attached hydrogens (primary N) is 1. The van der Waals surface area contributed by atoms with Gasteiger partial charge in [-0.2, -0.15) is 0 Å². The predicted molar refractivity (Wildman–Crippen MR) is 67.7 cm³/mol. The summed E-state index contributed by atoms with van der Waals surface area (Å²) in [5.74, 6) is -0.182. The predicted octanol–water partition coefficient (Wildman–Crippen LogP) is 2.71. The summed E-state index contributed by atoms with van der Waals surface area (Å²) in [6, 6.07) is 5.02. The molecule has 0 bridgehead atoms. The van der Waals surface area contributed by atoms with Gasteiger partial charge in [-0.05, 0) is 25.0 Å². The molecule has 1 rings (SSSR count). The van der Waals surface area contributed by atoms with Gasteiger partial charge in [0.25, 0.3) is 0 Å². The Bertz CT molecular complexity index is 359. The minimum Gasteiger partial charge on any atom is -0.323 e. The van der Waals surface area contributed by atoms with E-state index in [9.17, 15) is 4.79 Å². The Balaban J connectivity index is 2.77. The monoisotopic (exact) mass is 240 g/mol. The lowest BCUT2D eigenvalue weighted by molar-refractivity contribution is -0.117. The molecule has 0 unspecified atom stereocenters. The van der Waals surface area contributed by atoms with Crippen LogP contribution in [0.2, 0.25) is 5.02 Å². The third kappa shape index (κ3) is 3.22. The molecule has 3 N–H and O–H groups in total. The van der Waals surface area contributed by atoms with Gasteiger partial charge in [-0.3, -0.25) is 4.79 Å². The van der Waals surface area contributed by atoms with Crippen molar-refractivity contribution in [3.63, 3.8) is 0 Å². The highest BCUT2D eigenvalue weighted by Gasteiger charge is 2.14. The maximum Gasteiger partial charge on any atom is 0.241 e. The van der Waals surface area contributed by atoms with Crippen molar-refractivity contribution in [2.45, 2.75) is 32.7 Å². The van der Waals surface area contributed by atoms with E-state index < -0.39 is 6.04 Å². The van der Waals surface area contributed by atoms with Crippen LogP contribution in [0.25, 0.3) is 0 Å². The fraction of sp³-hybridized carbons (Fsp3) is 0.417. The average molecular weight is 241 g/mol. The van der Waals surface area contributed by atoms with E-state index in [4.69, 9.17) is 17.3 Å². The second-order valence-corrected chi connectivity index (χ2v) is 4.22. The standard InChI is InChI=1S/C12H17ClN2O/c1-3-5-10(14)12(16)15-11-8(2)6-4-7-9(11)13/h4,6-7,10H,3,5,14H2,1-2H3,(H,15,16)/t10-/m0/s1. The Kier molecular flexibility index (Phi) is 4.77. The topological polar surface area (TPSA) is 55.1 Å². The number of anilines is 1. The number of hydrogen-bond acceptors (Lipinski definition) is 2. The number of nitrogens with one attached hydrogen (secondary N) is 1. The lowest BCUT2D eigenvalue weighted by Gasteiger charge is -2.14. The number of hydrogen-bond donors (Lipinski definition) is 2. The number of rotatable bonds is 4. The number of amides is 1. The van der Waals surface area contributed by atoms with E-state index in [0.29, 0.717) is 17.1 Å². The maximum atomic E-state index is 11.7. The molecule has 16 heavy (non-hydrogen) atoms. The van der Waals surface area contributed by atoms with Crippen molar-refractivity contribution in [2.75, 3.05) is 5.32 Å². The van der Waals surface area contributed by atoms with Crippen molar-refractivity contribution >= 4 is 23.2 Å². The summed E-state index contributed by atoms with van der Waals surface area (Å²) in [5.41, 5.74) is 7.31. The van der Waals surface area contributed by atoms with Gasteiger partial charge in [-0.1, -0.05) is 37.1 Å². The number of carbonyl (C=O) groups is 1. The van der Waals surface area contributed by atoms with Gasteiger partial charge in [-0.25, -0.2) is 0 Å². The summed E-state index contributed by atoms with van der Waals surface area (Å²) in [5, 5.41) is 3.31. The molecule has 3 nitrogen and oxygen atoms in total. The van der Waals surface area contributed by atoms with E-state index in [0.717, 1.165) is 12.0 Å². The van der Waals surface area contributed by atoms with Gasteiger partial charge in [0.2, 0.25) is 5.91 Å². The Labute approximate surface area is 101 Å². The lowest BCUT2D eigenvalue weighted by Crippen LogP contribution is -2.35. The first-order valence-electron chi connectivity index (χ1n) is 5.37. The van der Waals surface area contributed by atoms with Gasteiger partial charge in [0, 0.05) is 0 Å². The quantitative estimate of drug-likeness (QED) is 0.850. The van der Waals surface area contributed by atoms with Crippen molar-refractivity contribution in [3.05, 3.63) is 28.8 Å². The summed E-state index contributed by atoms with van der Waals surface area (Å²) in [6.07, 6.45) is 1.56. The molecule has 4 heteroatoms. The number of aryl methyl sites for hydroxylation is 1. The minimum absolute atomic E-state index is 0.182. The van der Waals surface area contributed by atoms with Crippen LogP contribution in [-0.2, 0) is 4.79 Å². The highest BCUT2D eigenvalue weighted by molar-refractivity contribution is 6.34. The molecular formula is C12H17ClN2O. The van der Waals surface area contributed by atoms with Gasteiger partial charge >= 0.3 is 0 Å². The van der Waals surface area contributed by atoms with E-state index in [-0.39, 0.29) is 5.91 Å². The largest absolute Gasteiger partial charge is 0.323 e. The van der Waals surface area contributed by atoms with Crippen LogP contribution in [-0.4, -0.2) is 11.9 Å². The van der Waals surface area contributed by atoms with Crippen molar-refractivity contribution in [1.29, 1.82) is 0 Å². The molecule has 0 fully saturated rings. The van der Waals surface area contributed by atoms with Crippen molar-refractivity contribution in [2.24, 2.45) is 5.73 Å². The van der Waals surface area contributed by atoms with Gasteiger partial charge in [-0.15, -0.1) is 0 Å². The Hall–Kier alpha value is -1.06. The molecule has 0 aliphatic carbocycles. The van der Waals surface area contributed by atoms with Gasteiger partial charge in [0.05, 0.1) is 16.8 Å². The van der Waals surface area contributed by atoms with Crippen LogP contribution in [0.4, 0.5) is 5.69 Å². The molecular weight excluding hydrogens is 224 g/mol. The molecule has 0 aromatic heterocycles. The normalized spacial score (nSPS) is 12.2. The fourth-order valence-electron chi connectivity index (χ4n) is 1.45. The molecule has 0 heterocycles. The average Bonchev–Trinajstić information content (AvgIpc) is 2.23. The Morgan fingerprint density at radius 1 is 1.56 bits per heavy atom. The zero-order chi connectivity index (χ0) is 12.1. The summed E-state index contributed by atoms with van der Waals surface area (Å²) >= 11 is 6.00. The van der Waals surface area contributed by atoms with Crippen LogP contribution >= 0.6 is 11.6 Å². The SMILES string of the molecule is CCC[C@H](N)C(=O)Nc1c(C)cccc1Cl. The number of para-hydroxylation sites is 1. The van der Waals surface area contributed by atoms with E-state index in [1.807, 2.05) is 26.0 Å². The van der Waals surface area contributed by atoms with Crippen molar-refractivity contribution < 1.29 is 4.79 Å². The first-order chi connectivity index (χ1) is 7.56. The molecule has 1 atom stereocenters. The van der Waals surface area contributed by atoms with E-state index in [1.165, 1.54) is 0 Å². The van der Waals surface area contributed by atoms with Gasteiger partial charge in [0.1, 0.15) is 0 Å². The van der Waals surface area contributed by atoms with Gasteiger partial charge in [0.15, 0.2) is 0 Å². The first kappa shape index (κ1) is 13.0. The van der Waals surface area contributed by atoms with Crippen LogP contribution in [0.15, 0.2) is 18.2 Å². The number of carbonyl (C=O) groups excluding carboxylic acids is 1. The van der Waals surface area contributed by atoms with Crippen LogP contribution in [0.5, 0.6) is 0 Å². The van der Waals surface area contributed by atoms with E-state index >= 15 is 0 Å². The zero-order valence-electron chi connectivity index (χ0n) is 9.59. The third-order valence-electron chi connectivity index (χ3n) is 2.41. The highest BCUT2D eigenvalue weighted by atomic mass is 35.5. The zero-order valence-corrected chi connectivity index (χ0v) is 10.3. The Morgan fingerprint density at radius 3 is 2.81 bits per heavy atom. The molecule has 1 aromatic rings.